The predicted octanol–water partition coefficient (Wildman–Crippen LogP) is 1.29. The number of carbonyl (C=O) groups is 2. The van der Waals surface area contributed by atoms with Crippen LogP contribution in [0.4, 0.5) is 0 Å². The first kappa shape index (κ1) is 13.1. The Hall–Kier alpha value is -1.85. The lowest BCUT2D eigenvalue weighted by Gasteiger charge is -2.24. The number of likely N-dealkylation sites (N-methyl/N-ethyl adjacent to an activating group) is 1. The third-order valence-electron chi connectivity index (χ3n) is 4.02. The van der Waals surface area contributed by atoms with E-state index >= 15 is 0 Å². The molecule has 6 heteroatoms. The number of hydrogen-bond acceptors (Lipinski definition) is 4. The monoisotopic (exact) mass is 277 g/mol. The molecule has 20 heavy (non-hydrogen) atoms. The molecule has 0 unspecified atom stereocenters. The van der Waals surface area contributed by atoms with E-state index in [9.17, 15) is 9.59 Å². The van der Waals surface area contributed by atoms with Crippen molar-refractivity contribution in [2.75, 3.05) is 13.6 Å². The van der Waals surface area contributed by atoms with Crippen molar-refractivity contribution in [2.24, 2.45) is 0 Å². The Morgan fingerprint density at radius 2 is 2.20 bits per heavy atom. The highest BCUT2D eigenvalue weighted by atomic mass is 16.5. The van der Waals surface area contributed by atoms with Gasteiger partial charge >= 0.3 is 0 Å². The smallest absolute Gasteiger partial charge is 0.276 e. The minimum Gasteiger partial charge on any atom is -0.360 e. The molecule has 108 valence electrons. The van der Waals surface area contributed by atoms with Gasteiger partial charge in [-0.3, -0.25) is 9.59 Å². The van der Waals surface area contributed by atoms with Gasteiger partial charge in [-0.05, 0) is 32.1 Å². The molecule has 1 N–H and O–H groups in total. The molecule has 0 bridgehead atoms. The molecule has 2 heterocycles. The lowest BCUT2D eigenvalue weighted by molar-refractivity contribution is -0.125. The molecular weight excluding hydrogens is 258 g/mol. The van der Waals surface area contributed by atoms with Crippen LogP contribution in [0.2, 0.25) is 0 Å². The molecule has 2 fully saturated rings. The second kappa shape index (κ2) is 5.26. The highest BCUT2D eigenvalue weighted by Crippen LogP contribution is 2.40. The molecule has 0 aromatic carbocycles. The average molecular weight is 277 g/mol. The van der Waals surface area contributed by atoms with Crippen LogP contribution in [0.1, 0.15) is 54.3 Å². The molecule has 2 aliphatic rings. The van der Waals surface area contributed by atoms with Crippen LogP contribution in [-0.2, 0) is 4.79 Å². The fourth-order valence-electron chi connectivity index (χ4n) is 2.57. The van der Waals surface area contributed by atoms with E-state index in [4.69, 9.17) is 4.52 Å². The van der Waals surface area contributed by atoms with Crippen molar-refractivity contribution in [1.29, 1.82) is 0 Å². The summed E-state index contributed by atoms with van der Waals surface area (Å²) in [6.07, 6.45) is 4.79. The Bertz CT molecular complexity index is 521. The van der Waals surface area contributed by atoms with Crippen molar-refractivity contribution in [1.82, 2.24) is 15.4 Å². The molecule has 1 saturated heterocycles. The summed E-state index contributed by atoms with van der Waals surface area (Å²) in [7, 11) is 1.66. The van der Waals surface area contributed by atoms with Gasteiger partial charge in [-0.15, -0.1) is 0 Å². The lowest BCUT2D eigenvalue weighted by Crippen LogP contribution is -2.46. The van der Waals surface area contributed by atoms with E-state index in [2.05, 4.69) is 10.5 Å². The largest absolute Gasteiger partial charge is 0.360 e. The molecule has 0 radical (unpaired) electrons. The maximum atomic E-state index is 12.4. The minimum atomic E-state index is -0.411. The van der Waals surface area contributed by atoms with Gasteiger partial charge in [-0.1, -0.05) is 5.16 Å². The fourth-order valence-corrected chi connectivity index (χ4v) is 2.57. The lowest BCUT2D eigenvalue weighted by atomic mass is 10.1. The third kappa shape index (κ3) is 2.55. The Kier molecular flexibility index (Phi) is 3.46. The summed E-state index contributed by atoms with van der Waals surface area (Å²) in [4.78, 5) is 25.8. The zero-order valence-corrected chi connectivity index (χ0v) is 11.6. The Morgan fingerprint density at radius 1 is 1.40 bits per heavy atom. The number of nitrogens with one attached hydrogen (secondary N) is 1. The molecule has 3 rings (SSSR count). The van der Waals surface area contributed by atoms with Crippen LogP contribution in [-0.4, -0.2) is 41.5 Å². The summed E-state index contributed by atoms with van der Waals surface area (Å²) in [5, 5.41) is 6.68. The summed E-state index contributed by atoms with van der Waals surface area (Å²) in [6.45, 7) is 0.688. The Morgan fingerprint density at radius 3 is 2.95 bits per heavy atom. The van der Waals surface area contributed by atoms with Gasteiger partial charge in [-0.2, -0.15) is 0 Å². The van der Waals surface area contributed by atoms with E-state index in [1.807, 2.05) is 0 Å². The van der Waals surface area contributed by atoms with Crippen molar-refractivity contribution in [2.45, 2.75) is 44.1 Å². The molecule has 1 aromatic rings. The van der Waals surface area contributed by atoms with E-state index in [-0.39, 0.29) is 11.8 Å². The van der Waals surface area contributed by atoms with Crippen LogP contribution in [0.3, 0.4) is 0 Å². The van der Waals surface area contributed by atoms with E-state index in [0.717, 1.165) is 31.4 Å². The van der Waals surface area contributed by atoms with E-state index < -0.39 is 6.04 Å². The first-order valence-electron chi connectivity index (χ1n) is 7.18. The molecule has 1 saturated carbocycles. The second-order valence-corrected chi connectivity index (χ2v) is 5.61. The first-order chi connectivity index (χ1) is 9.66. The van der Waals surface area contributed by atoms with Crippen LogP contribution in [0.25, 0.3) is 0 Å². The zero-order chi connectivity index (χ0) is 14.1. The summed E-state index contributed by atoms with van der Waals surface area (Å²) < 4.78 is 5.20. The summed E-state index contributed by atoms with van der Waals surface area (Å²) in [6, 6.07) is 1.30. The summed E-state index contributed by atoms with van der Waals surface area (Å²) >= 11 is 0. The fraction of sp³-hybridized carbons (Fsp3) is 0.643. The maximum absolute atomic E-state index is 12.4. The number of amides is 2. The van der Waals surface area contributed by atoms with E-state index in [1.165, 1.54) is 4.90 Å². The van der Waals surface area contributed by atoms with Gasteiger partial charge in [0.05, 0.1) is 0 Å². The summed E-state index contributed by atoms with van der Waals surface area (Å²) in [5.74, 6) is 0.884. The minimum absolute atomic E-state index is 0.0794. The highest BCUT2D eigenvalue weighted by Gasteiger charge is 2.32. The second-order valence-electron chi connectivity index (χ2n) is 5.61. The topological polar surface area (TPSA) is 75.4 Å². The quantitative estimate of drug-likeness (QED) is 0.903. The Balaban J connectivity index is 1.72. The zero-order valence-electron chi connectivity index (χ0n) is 11.6. The predicted molar refractivity (Wildman–Crippen MR) is 71.2 cm³/mol. The molecule has 1 aliphatic carbocycles. The van der Waals surface area contributed by atoms with Crippen molar-refractivity contribution >= 4 is 11.8 Å². The van der Waals surface area contributed by atoms with Gasteiger partial charge in [0, 0.05) is 25.6 Å². The van der Waals surface area contributed by atoms with Crippen LogP contribution in [0.15, 0.2) is 10.6 Å². The highest BCUT2D eigenvalue weighted by molar-refractivity contribution is 5.96. The third-order valence-corrected chi connectivity index (χ3v) is 4.02. The van der Waals surface area contributed by atoms with Crippen molar-refractivity contribution in [3.8, 4) is 0 Å². The molecule has 0 spiro atoms. The van der Waals surface area contributed by atoms with Crippen LogP contribution >= 0.6 is 0 Å². The van der Waals surface area contributed by atoms with Gasteiger partial charge in [0.15, 0.2) is 5.69 Å². The van der Waals surface area contributed by atoms with Crippen LogP contribution in [0, 0.1) is 0 Å². The van der Waals surface area contributed by atoms with Gasteiger partial charge in [-0.25, -0.2) is 0 Å². The average Bonchev–Trinajstić information content (AvgIpc) is 3.22. The standard InChI is InChI=1S/C14H19N3O3/c1-17(11-4-2-3-7-15-13(11)18)14(19)10-8-12(20-16-10)9-5-6-9/h8-9,11H,2-7H2,1H3,(H,15,18)/t11-/m0/s1. The van der Waals surface area contributed by atoms with Gasteiger partial charge in [0.1, 0.15) is 11.8 Å². The van der Waals surface area contributed by atoms with E-state index in [1.54, 1.807) is 13.1 Å². The van der Waals surface area contributed by atoms with Gasteiger partial charge in [0.25, 0.3) is 5.91 Å². The summed E-state index contributed by atoms with van der Waals surface area (Å²) in [5.41, 5.74) is 0.298. The number of rotatable bonds is 3. The normalized spacial score (nSPS) is 23.1. The Labute approximate surface area is 117 Å². The van der Waals surface area contributed by atoms with Gasteiger partial charge in [0.2, 0.25) is 5.91 Å². The number of carbonyl (C=O) groups excluding carboxylic acids is 2. The van der Waals surface area contributed by atoms with Crippen LogP contribution < -0.4 is 5.32 Å². The van der Waals surface area contributed by atoms with E-state index in [0.29, 0.717) is 24.6 Å². The maximum Gasteiger partial charge on any atom is 0.276 e. The van der Waals surface area contributed by atoms with Crippen LogP contribution in [0.5, 0.6) is 0 Å². The molecule has 1 aromatic heterocycles. The molecule has 1 aliphatic heterocycles. The molecular formula is C14H19N3O3. The number of aromatic nitrogens is 1. The molecule has 6 nitrogen and oxygen atoms in total. The van der Waals surface area contributed by atoms with Crippen molar-refractivity contribution in [3.05, 3.63) is 17.5 Å². The van der Waals surface area contributed by atoms with Gasteiger partial charge < -0.3 is 14.7 Å². The number of hydrogen-bond donors (Lipinski definition) is 1. The SMILES string of the molecule is CN(C(=O)c1cc(C2CC2)on1)[C@H]1CCCCNC1=O. The first-order valence-corrected chi connectivity index (χ1v) is 7.18. The number of nitrogens with zero attached hydrogens (tertiary/aromatic N) is 2. The molecule has 2 amide bonds. The van der Waals surface area contributed by atoms with Crippen molar-refractivity contribution < 1.29 is 14.1 Å². The van der Waals surface area contributed by atoms with Crippen molar-refractivity contribution in [3.63, 3.8) is 0 Å². The molecule has 1 atom stereocenters.